The lowest BCUT2D eigenvalue weighted by molar-refractivity contribution is 0.336. The van der Waals surface area contributed by atoms with E-state index in [9.17, 15) is 0 Å². The predicted molar refractivity (Wildman–Crippen MR) is 98.8 cm³/mol. The zero-order valence-electron chi connectivity index (χ0n) is 13.4. The van der Waals surface area contributed by atoms with E-state index in [2.05, 4.69) is 27.8 Å². The van der Waals surface area contributed by atoms with Crippen LogP contribution in [0.2, 0.25) is 4.34 Å². The van der Waals surface area contributed by atoms with Gasteiger partial charge < -0.3 is 15.4 Å². The molecule has 124 valence electrons. The first-order valence-electron chi connectivity index (χ1n) is 7.62. The molecule has 0 unspecified atom stereocenters. The van der Waals surface area contributed by atoms with E-state index in [1.807, 2.05) is 31.2 Å². The van der Waals surface area contributed by atoms with Crippen molar-refractivity contribution in [1.82, 2.24) is 10.6 Å². The summed E-state index contributed by atoms with van der Waals surface area (Å²) in [5.41, 5.74) is 1.11. The van der Waals surface area contributed by atoms with E-state index in [4.69, 9.17) is 16.3 Å². The van der Waals surface area contributed by atoms with Crippen molar-refractivity contribution in [2.45, 2.75) is 19.9 Å². The largest absolute Gasteiger partial charge is 0.494 e. The molecular formula is C17H22ClN3OS. The average molecular weight is 352 g/mol. The Morgan fingerprint density at radius 3 is 2.74 bits per heavy atom. The minimum Gasteiger partial charge on any atom is -0.494 e. The lowest BCUT2D eigenvalue weighted by Gasteiger charge is -2.14. The number of rotatable bonds is 7. The summed E-state index contributed by atoms with van der Waals surface area (Å²) in [6.45, 7) is 4.12. The van der Waals surface area contributed by atoms with Crippen LogP contribution in [0.25, 0.3) is 0 Å². The molecule has 0 bridgehead atoms. The highest BCUT2D eigenvalue weighted by Crippen LogP contribution is 2.21. The number of aliphatic imine (C=N–C) groups is 1. The molecule has 0 aliphatic heterocycles. The van der Waals surface area contributed by atoms with Crippen LogP contribution < -0.4 is 15.4 Å². The van der Waals surface area contributed by atoms with Crippen molar-refractivity contribution in [3.05, 3.63) is 51.2 Å². The number of hydrogen-bond acceptors (Lipinski definition) is 3. The second-order valence-corrected chi connectivity index (χ2v) is 6.65. The summed E-state index contributed by atoms with van der Waals surface area (Å²) in [6, 6.07) is 12.0. The maximum Gasteiger partial charge on any atom is 0.191 e. The maximum absolute atomic E-state index is 5.94. The number of nitrogens with one attached hydrogen (secondary N) is 2. The second-order valence-electron chi connectivity index (χ2n) is 4.85. The molecule has 1 aromatic carbocycles. The Hall–Kier alpha value is -1.72. The number of thiophene rings is 1. The van der Waals surface area contributed by atoms with Gasteiger partial charge in [-0.2, -0.15) is 0 Å². The first-order chi connectivity index (χ1) is 11.2. The van der Waals surface area contributed by atoms with Crippen molar-refractivity contribution in [2.24, 2.45) is 4.99 Å². The lowest BCUT2D eigenvalue weighted by atomic mass is 10.2. The fourth-order valence-corrected chi connectivity index (χ4v) is 3.22. The van der Waals surface area contributed by atoms with E-state index < -0.39 is 0 Å². The highest BCUT2D eigenvalue weighted by molar-refractivity contribution is 7.16. The Balaban J connectivity index is 1.81. The first kappa shape index (κ1) is 17.6. The molecule has 0 atom stereocenters. The van der Waals surface area contributed by atoms with Crippen molar-refractivity contribution < 1.29 is 4.74 Å². The molecule has 0 radical (unpaired) electrons. The van der Waals surface area contributed by atoms with Crippen molar-refractivity contribution in [3.8, 4) is 5.75 Å². The third kappa shape index (κ3) is 5.77. The molecule has 4 nitrogen and oxygen atoms in total. The van der Waals surface area contributed by atoms with Crippen molar-refractivity contribution >= 4 is 28.9 Å². The number of para-hydroxylation sites is 1. The summed E-state index contributed by atoms with van der Waals surface area (Å²) >= 11 is 7.55. The lowest BCUT2D eigenvalue weighted by Crippen LogP contribution is -2.37. The van der Waals surface area contributed by atoms with Gasteiger partial charge in [0.2, 0.25) is 0 Å². The van der Waals surface area contributed by atoms with Crippen molar-refractivity contribution in [1.29, 1.82) is 0 Å². The summed E-state index contributed by atoms with van der Waals surface area (Å²) in [7, 11) is 1.77. The number of guanidine groups is 1. The van der Waals surface area contributed by atoms with E-state index >= 15 is 0 Å². The third-order valence-electron chi connectivity index (χ3n) is 3.24. The number of halogens is 1. The van der Waals surface area contributed by atoms with Gasteiger partial charge in [0, 0.05) is 30.6 Å². The summed E-state index contributed by atoms with van der Waals surface area (Å²) in [6.07, 6.45) is 0.924. The molecule has 1 aromatic heterocycles. The molecule has 2 rings (SSSR count). The fourth-order valence-electron chi connectivity index (χ4n) is 2.14. The van der Waals surface area contributed by atoms with Crippen LogP contribution >= 0.6 is 22.9 Å². The van der Waals surface area contributed by atoms with Crippen LogP contribution in [0.1, 0.15) is 17.4 Å². The Morgan fingerprint density at radius 2 is 2.04 bits per heavy atom. The van der Waals surface area contributed by atoms with Crippen LogP contribution in [-0.2, 0) is 13.0 Å². The molecule has 0 saturated carbocycles. The van der Waals surface area contributed by atoms with Gasteiger partial charge in [0.05, 0.1) is 10.9 Å². The van der Waals surface area contributed by atoms with E-state index in [-0.39, 0.29) is 0 Å². The van der Waals surface area contributed by atoms with Crippen LogP contribution in [0.4, 0.5) is 0 Å². The van der Waals surface area contributed by atoms with Crippen molar-refractivity contribution in [2.75, 3.05) is 20.2 Å². The average Bonchev–Trinajstić information content (AvgIpc) is 2.97. The standard InChI is InChI=1S/C17H22ClN3OS/c1-3-22-15-7-5-4-6-13(15)12-21-17(19-2)20-11-10-14-8-9-16(18)23-14/h4-9H,3,10-12H2,1-2H3,(H2,19,20,21). The normalized spacial score (nSPS) is 11.3. The molecule has 0 aliphatic rings. The Bertz CT molecular complexity index is 642. The number of benzene rings is 1. The van der Waals surface area contributed by atoms with Crippen LogP contribution in [0, 0.1) is 0 Å². The Morgan fingerprint density at radius 1 is 1.22 bits per heavy atom. The topological polar surface area (TPSA) is 45.6 Å². The van der Waals surface area contributed by atoms with Gasteiger partial charge >= 0.3 is 0 Å². The van der Waals surface area contributed by atoms with Crippen LogP contribution in [-0.4, -0.2) is 26.2 Å². The van der Waals surface area contributed by atoms with Gasteiger partial charge in [-0.3, -0.25) is 4.99 Å². The Labute approximate surface area is 146 Å². The summed E-state index contributed by atoms with van der Waals surface area (Å²) in [5.74, 6) is 1.69. The minimum absolute atomic E-state index is 0.660. The predicted octanol–water partition coefficient (Wildman–Crippen LogP) is 3.71. The van der Waals surface area contributed by atoms with Gasteiger partial charge in [0.25, 0.3) is 0 Å². The number of nitrogens with zero attached hydrogens (tertiary/aromatic N) is 1. The fraction of sp³-hybridized carbons (Fsp3) is 0.353. The summed E-state index contributed by atoms with van der Waals surface area (Å²) in [4.78, 5) is 5.51. The van der Waals surface area contributed by atoms with Crippen molar-refractivity contribution in [3.63, 3.8) is 0 Å². The number of hydrogen-bond donors (Lipinski definition) is 2. The maximum atomic E-state index is 5.94. The van der Waals surface area contributed by atoms with E-state index in [0.29, 0.717) is 13.2 Å². The van der Waals surface area contributed by atoms with Gasteiger partial charge in [-0.25, -0.2) is 0 Å². The summed E-state index contributed by atoms with van der Waals surface area (Å²) in [5, 5.41) is 6.62. The van der Waals surface area contributed by atoms with Gasteiger partial charge in [-0.15, -0.1) is 11.3 Å². The molecule has 0 amide bonds. The third-order valence-corrected chi connectivity index (χ3v) is 4.53. The molecule has 2 N–H and O–H groups in total. The molecule has 0 spiro atoms. The summed E-state index contributed by atoms with van der Waals surface area (Å²) < 4.78 is 6.46. The second kappa shape index (κ2) is 9.43. The van der Waals surface area contributed by atoms with Crippen LogP contribution in [0.3, 0.4) is 0 Å². The zero-order chi connectivity index (χ0) is 16.5. The number of ether oxygens (including phenoxy) is 1. The quantitative estimate of drug-likeness (QED) is 0.590. The van der Waals surface area contributed by atoms with E-state index in [0.717, 1.165) is 34.6 Å². The Kier molecular flexibility index (Phi) is 7.23. The molecule has 0 saturated heterocycles. The van der Waals surface area contributed by atoms with Gasteiger partial charge in [0.1, 0.15) is 5.75 Å². The molecule has 0 fully saturated rings. The highest BCUT2D eigenvalue weighted by Gasteiger charge is 2.04. The van der Waals surface area contributed by atoms with Gasteiger partial charge in [-0.05, 0) is 31.5 Å². The van der Waals surface area contributed by atoms with E-state index in [1.54, 1.807) is 18.4 Å². The van der Waals surface area contributed by atoms with Crippen LogP contribution in [0.15, 0.2) is 41.4 Å². The van der Waals surface area contributed by atoms with Gasteiger partial charge in [0.15, 0.2) is 5.96 Å². The molecular weight excluding hydrogens is 330 g/mol. The molecule has 1 heterocycles. The molecule has 23 heavy (non-hydrogen) atoms. The monoisotopic (exact) mass is 351 g/mol. The smallest absolute Gasteiger partial charge is 0.191 e. The van der Waals surface area contributed by atoms with E-state index in [1.165, 1.54) is 4.88 Å². The van der Waals surface area contributed by atoms with Crippen LogP contribution in [0.5, 0.6) is 5.75 Å². The molecule has 6 heteroatoms. The highest BCUT2D eigenvalue weighted by atomic mass is 35.5. The molecule has 2 aromatic rings. The molecule has 0 aliphatic carbocycles. The van der Waals surface area contributed by atoms with Gasteiger partial charge in [-0.1, -0.05) is 29.8 Å². The SMILES string of the molecule is CCOc1ccccc1CNC(=NC)NCCc1ccc(Cl)s1. The minimum atomic E-state index is 0.660. The first-order valence-corrected chi connectivity index (χ1v) is 8.81. The zero-order valence-corrected chi connectivity index (χ0v) is 15.0.